The second-order valence-corrected chi connectivity index (χ2v) is 4.83. The molecule has 0 bridgehead atoms. The second-order valence-electron chi connectivity index (χ2n) is 4.83. The number of hydrogen-bond acceptors (Lipinski definition) is 3. The molecule has 0 saturated carbocycles. The molecule has 0 unspecified atom stereocenters. The number of nitrogens with one attached hydrogen (secondary N) is 1. The Balaban J connectivity index is 1.94. The predicted molar refractivity (Wildman–Crippen MR) is 79.1 cm³/mol. The summed E-state index contributed by atoms with van der Waals surface area (Å²) in [5.74, 6) is 0.898. The quantitative estimate of drug-likeness (QED) is 0.773. The van der Waals surface area contributed by atoms with Gasteiger partial charge in [0.05, 0.1) is 0 Å². The molecule has 102 valence electrons. The molecule has 1 N–H and O–H groups in total. The highest BCUT2D eigenvalue weighted by Crippen LogP contribution is 2.20. The van der Waals surface area contributed by atoms with Crippen molar-refractivity contribution in [2.75, 3.05) is 11.9 Å². The van der Waals surface area contributed by atoms with E-state index in [2.05, 4.69) is 46.7 Å². The van der Waals surface area contributed by atoms with Crippen LogP contribution in [0.1, 0.15) is 32.6 Å². The van der Waals surface area contributed by atoms with Crippen LogP contribution in [0.5, 0.6) is 0 Å². The van der Waals surface area contributed by atoms with Crippen LogP contribution in [-0.4, -0.2) is 21.3 Å². The van der Waals surface area contributed by atoms with Crippen LogP contribution in [0.2, 0.25) is 0 Å². The van der Waals surface area contributed by atoms with Crippen molar-refractivity contribution >= 4 is 5.69 Å². The molecule has 2 rings (SSSR count). The second kappa shape index (κ2) is 6.92. The summed E-state index contributed by atoms with van der Waals surface area (Å²) in [6.45, 7) is 3.26. The molecule has 1 aromatic carbocycles. The molecule has 0 fully saturated rings. The van der Waals surface area contributed by atoms with Gasteiger partial charge in [-0.1, -0.05) is 38.3 Å². The third kappa shape index (κ3) is 3.81. The Morgan fingerprint density at radius 2 is 2.11 bits per heavy atom. The van der Waals surface area contributed by atoms with Crippen molar-refractivity contribution < 1.29 is 0 Å². The van der Waals surface area contributed by atoms with E-state index in [0.717, 1.165) is 23.6 Å². The summed E-state index contributed by atoms with van der Waals surface area (Å²) in [6, 6.07) is 8.34. The van der Waals surface area contributed by atoms with E-state index in [9.17, 15) is 0 Å². The largest absolute Gasteiger partial charge is 0.385 e. The molecule has 0 atom stereocenters. The zero-order valence-corrected chi connectivity index (χ0v) is 11.8. The lowest BCUT2D eigenvalue weighted by Gasteiger charge is -2.08. The lowest BCUT2D eigenvalue weighted by molar-refractivity contribution is 0.685. The smallest absolute Gasteiger partial charge is 0.163 e. The van der Waals surface area contributed by atoms with Crippen LogP contribution >= 0.6 is 0 Å². The molecule has 0 aliphatic carbocycles. The lowest BCUT2D eigenvalue weighted by Crippen LogP contribution is -2.01. The van der Waals surface area contributed by atoms with Gasteiger partial charge >= 0.3 is 0 Å². The molecule has 4 nitrogen and oxygen atoms in total. The SMILES string of the molecule is CCCCCCNc1cccc(-c2nncn2C)c1. The zero-order chi connectivity index (χ0) is 13.5. The maximum Gasteiger partial charge on any atom is 0.163 e. The minimum Gasteiger partial charge on any atom is -0.385 e. The Bertz CT molecular complexity index is 504. The van der Waals surface area contributed by atoms with E-state index in [4.69, 9.17) is 0 Å². The summed E-state index contributed by atoms with van der Waals surface area (Å²) in [5, 5.41) is 11.5. The van der Waals surface area contributed by atoms with Gasteiger partial charge in [-0.15, -0.1) is 10.2 Å². The molecule has 2 aromatic rings. The highest BCUT2D eigenvalue weighted by Gasteiger charge is 2.04. The van der Waals surface area contributed by atoms with Crippen LogP contribution in [0, 0.1) is 0 Å². The third-order valence-electron chi connectivity index (χ3n) is 3.19. The highest BCUT2D eigenvalue weighted by molar-refractivity contribution is 5.62. The number of hydrogen-bond donors (Lipinski definition) is 1. The molecule has 19 heavy (non-hydrogen) atoms. The molecule has 0 aliphatic heterocycles. The topological polar surface area (TPSA) is 42.7 Å². The van der Waals surface area contributed by atoms with E-state index in [-0.39, 0.29) is 0 Å². The molecule has 0 radical (unpaired) electrons. The Kier molecular flexibility index (Phi) is 4.95. The van der Waals surface area contributed by atoms with Crippen molar-refractivity contribution in [1.29, 1.82) is 0 Å². The van der Waals surface area contributed by atoms with Crippen LogP contribution in [0.25, 0.3) is 11.4 Å². The molecule has 4 heteroatoms. The standard InChI is InChI=1S/C15H22N4/c1-3-4-5-6-10-16-14-9-7-8-13(11-14)15-18-17-12-19(15)2/h7-9,11-12,16H,3-6,10H2,1-2H3. The molecule has 0 saturated heterocycles. The summed E-state index contributed by atoms with van der Waals surface area (Å²) < 4.78 is 1.93. The van der Waals surface area contributed by atoms with E-state index in [1.54, 1.807) is 6.33 Å². The predicted octanol–water partition coefficient (Wildman–Crippen LogP) is 3.47. The number of anilines is 1. The summed E-state index contributed by atoms with van der Waals surface area (Å²) in [7, 11) is 1.96. The van der Waals surface area contributed by atoms with Gasteiger partial charge in [-0.2, -0.15) is 0 Å². The third-order valence-corrected chi connectivity index (χ3v) is 3.19. The van der Waals surface area contributed by atoms with Crippen LogP contribution in [-0.2, 0) is 7.05 Å². The fraction of sp³-hybridized carbons (Fsp3) is 0.467. The van der Waals surface area contributed by atoms with E-state index < -0.39 is 0 Å². The van der Waals surface area contributed by atoms with E-state index >= 15 is 0 Å². The normalized spacial score (nSPS) is 10.6. The Hall–Kier alpha value is -1.84. The van der Waals surface area contributed by atoms with Gasteiger partial charge in [0.1, 0.15) is 6.33 Å². The number of aromatic nitrogens is 3. The molecule has 1 aromatic heterocycles. The first-order valence-corrected chi connectivity index (χ1v) is 6.99. The average molecular weight is 258 g/mol. The maximum absolute atomic E-state index is 4.13. The number of nitrogens with zero attached hydrogens (tertiary/aromatic N) is 3. The fourth-order valence-corrected chi connectivity index (χ4v) is 2.10. The van der Waals surface area contributed by atoms with Gasteiger partial charge in [0.25, 0.3) is 0 Å². The van der Waals surface area contributed by atoms with Crippen LogP contribution in [0.15, 0.2) is 30.6 Å². The number of benzene rings is 1. The number of unbranched alkanes of at least 4 members (excludes halogenated alkanes) is 3. The van der Waals surface area contributed by atoms with Gasteiger partial charge in [-0.25, -0.2) is 0 Å². The van der Waals surface area contributed by atoms with E-state index in [0.29, 0.717) is 0 Å². The Labute approximate surface area is 114 Å². The van der Waals surface area contributed by atoms with E-state index in [1.165, 1.54) is 25.7 Å². The van der Waals surface area contributed by atoms with Crippen molar-refractivity contribution in [2.24, 2.45) is 7.05 Å². The molecule has 0 spiro atoms. The van der Waals surface area contributed by atoms with Crippen molar-refractivity contribution in [3.8, 4) is 11.4 Å². The van der Waals surface area contributed by atoms with Gasteiger partial charge < -0.3 is 9.88 Å². The van der Waals surface area contributed by atoms with Crippen LogP contribution in [0.3, 0.4) is 0 Å². The molecular weight excluding hydrogens is 236 g/mol. The van der Waals surface area contributed by atoms with Crippen LogP contribution < -0.4 is 5.32 Å². The molecule has 1 heterocycles. The fourth-order valence-electron chi connectivity index (χ4n) is 2.10. The minimum atomic E-state index is 0.898. The van der Waals surface area contributed by atoms with Gasteiger partial charge in [0, 0.05) is 24.8 Å². The number of rotatable bonds is 7. The average Bonchev–Trinajstić information content (AvgIpc) is 2.85. The van der Waals surface area contributed by atoms with Crippen molar-refractivity contribution in [1.82, 2.24) is 14.8 Å². The summed E-state index contributed by atoms with van der Waals surface area (Å²) in [4.78, 5) is 0. The van der Waals surface area contributed by atoms with Crippen molar-refractivity contribution in [2.45, 2.75) is 32.6 Å². The van der Waals surface area contributed by atoms with Gasteiger partial charge in [-0.3, -0.25) is 0 Å². The van der Waals surface area contributed by atoms with E-state index in [1.807, 2.05) is 11.6 Å². The van der Waals surface area contributed by atoms with Crippen molar-refractivity contribution in [3.63, 3.8) is 0 Å². The first-order valence-electron chi connectivity index (χ1n) is 6.99. The molecule has 0 aliphatic rings. The summed E-state index contributed by atoms with van der Waals surface area (Å²) in [6.07, 6.45) is 6.84. The molecular formula is C15H22N4. The summed E-state index contributed by atoms with van der Waals surface area (Å²) >= 11 is 0. The first-order chi connectivity index (χ1) is 9.31. The Morgan fingerprint density at radius 3 is 2.84 bits per heavy atom. The zero-order valence-electron chi connectivity index (χ0n) is 11.8. The number of aryl methyl sites for hydroxylation is 1. The van der Waals surface area contributed by atoms with Gasteiger partial charge in [0.2, 0.25) is 0 Å². The lowest BCUT2D eigenvalue weighted by atomic mass is 10.1. The monoisotopic (exact) mass is 258 g/mol. The first kappa shape index (κ1) is 13.6. The van der Waals surface area contributed by atoms with Gasteiger partial charge in [-0.05, 0) is 18.6 Å². The van der Waals surface area contributed by atoms with Gasteiger partial charge in [0.15, 0.2) is 5.82 Å². The minimum absolute atomic E-state index is 0.898. The Morgan fingerprint density at radius 1 is 1.21 bits per heavy atom. The van der Waals surface area contributed by atoms with Crippen molar-refractivity contribution in [3.05, 3.63) is 30.6 Å². The summed E-state index contributed by atoms with van der Waals surface area (Å²) in [5.41, 5.74) is 2.25. The van der Waals surface area contributed by atoms with Crippen LogP contribution in [0.4, 0.5) is 5.69 Å². The highest BCUT2D eigenvalue weighted by atomic mass is 15.2. The maximum atomic E-state index is 4.13. The molecule has 0 amide bonds.